The standard InChI is InChI=1S/C31H49NO12S/c1-28-2-8-31(9-3-28)45(33,34)44-27-25-42-23-21-40-19-17-38-15-13-36-11-10-35-12-14-37-16-18-39-20-22-41-24-26-43-30-6-4-29(32)5-7-30/h2-9H,10-27,32H2,1H3. The Morgan fingerprint density at radius 2 is 0.800 bits per heavy atom. The third-order valence-electron chi connectivity index (χ3n) is 5.76. The highest BCUT2D eigenvalue weighted by atomic mass is 32.2. The van der Waals surface area contributed by atoms with Crippen LogP contribution in [0.5, 0.6) is 5.75 Å². The second-order valence-electron chi connectivity index (χ2n) is 9.41. The molecule has 0 saturated heterocycles. The lowest BCUT2D eigenvalue weighted by Crippen LogP contribution is -2.15. The Balaban J connectivity index is 1.20. The van der Waals surface area contributed by atoms with Crippen LogP contribution in [-0.2, 0) is 52.2 Å². The minimum Gasteiger partial charge on any atom is -0.491 e. The maximum absolute atomic E-state index is 12.1. The Morgan fingerprint density at radius 1 is 0.467 bits per heavy atom. The number of anilines is 1. The number of aryl methyl sites for hydroxylation is 1. The van der Waals surface area contributed by atoms with Crippen molar-refractivity contribution in [1.29, 1.82) is 0 Å². The van der Waals surface area contributed by atoms with Gasteiger partial charge in [0.1, 0.15) is 12.4 Å². The number of nitrogens with two attached hydrogens (primary N) is 1. The van der Waals surface area contributed by atoms with Crippen molar-refractivity contribution in [2.24, 2.45) is 0 Å². The fourth-order valence-corrected chi connectivity index (χ4v) is 4.29. The topological polar surface area (TPSA) is 152 Å². The molecule has 2 N–H and O–H groups in total. The predicted molar refractivity (Wildman–Crippen MR) is 167 cm³/mol. The Kier molecular flexibility index (Phi) is 22.2. The number of nitrogen functional groups attached to an aromatic ring is 1. The van der Waals surface area contributed by atoms with Gasteiger partial charge in [0.2, 0.25) is 0 Å². The summed E-state index contributed by atoms with van der Waals surface area (Å²) in [5, 5.41) is 0. The largest absolute Gasteiger partial charge is 0.491 e. The Morgan fingerprint density at radius 3 is 1.18 bits per heavy atom. The summed E-state index contributed by atoms with van der Waals surface area (Å²) < 4.78 is 78.1. The van der Waals surface area contributed by atoms with Gasteiger partial charge in [-0.25, -0.2) is 0 Å². The van der Waals surface area contributed by atoms with E-state index in [1.54, 1.807) is 24.3 Å². The van der Waals surface area contributed by atoms with Crippen molar-refractivity contribution in [1.82, 2.24) is 0 Å². The summed E-state index contributed by atoms with van der Waals surface area (Å²) in [7, 11) is -3.77. The maximum Gasteiger partial charge on any atom is 0.297 e. The van der Waals surface area contributed by atoms with E-state index in [9.17, 15) is 8.42 Å². The number of benzene rings is 2. The molecule has 2 aromatic rings. The lowest BCUT2D eigenvalue weighted by molar-refractivity contribution is -0.0240. The van der Waals surface area contributed by atoms with Crippen molar-refractivity contribution >= 4 is 15.8 Å². The number of ether oxygens (including phenoxy) is 9. The van der Waals surface area contributed by atoms with Crippen molar-refractivity contribution in [2.45, 2.75) is 11.8 Å². The summed E-state index contributed by atoms with van der Waals surface area (Å²) in [4.78, 5) is 0.128. The lowest BCUT2D eigenvalue weighted by atomic mass is 10.2. The monoisotopic (exact) mass is 659 g/mol. The van der Waals surface area contributed by atoms with Crippen LogP contribution in [0.2, 0.25) is 0 Å². The van der Waals surface area contributed by atoms with Crippen molar-refractivity contribution in [3.8, 4) is 5.75 Å². The molecule has 0 atom stereocenters. The van der Waals surface area contributed by atoms with E-state index in [2.05, 4.69) is 0 Å². The maximum atomic E-state index is 12.1. The van der Waals surface area contributed by atoms with Crippen LogP contribution in [0, 0.1) is 6.92 Å². The quantitative estimate of drug-likeness (QED) is 0.0743. The fourth-order valence-electron chi connectivity index (χ4n) is 3.40. The van der Waals surface area contributed by atoms with Crippen molar-refractivity contribution in [3.63, 3.8) is 0 Å². The number of hydrogen-bond acceptors (Lipinski definition) is 13. The molecule has 0 amide bonds. The van der Waals surface area contributed by atoms with Gasteiger partial charge < -0.3 is 48.4 Å². The van der Waals surface area contributed by atoms with Crippen molar-refractivity contribution in [2.75, 3.05) is 125 Å². The number of rotatable bonds is 30. The van der Waals surface area contributed by atoms with E-state index in [-0.39, 0.29) is 18.1 Å². The summed E-state index contributed by atoms with van der Waals surface area (Å²) in [6.07, 6.45) is 0. The van der Waals surface area contributed by atoms with E-state index in [1.807, 2.05) is 19.1 Å². The second kappa shape index (κ2) is 25.8. The van der Waals surface area contributed by atoms with Gasteiger partial charge in [0.25, 0.3) is 10.1 Å². The molecule has 256 valence electrons. The van der Waals surface area contributed by atoms with Crippen LogP contribution in [0.4, 0.5) is 5.69 Å². The smallest absolute Gasteiger partial charge is 0.297 e. The molecular weight excluding hydrogens is 610 g/mol. The van der Waals surface area contributed by atoms with Gasteiger partial charge in [-0.15, -0.1) is 0 Å². The van der Waals surface area contributed by atoms with Gasteiger partial charge in [-0.1, -0.05) is 17.7 Å². The predicted octanol–water partition coefficient (Wildman–Crippen LogP) is 2.49. The molecule has 0 aliphatic heterocycles. The average Bonchev–Trinajstić information content (AvgIpc) is 3.03. The molecule has 0 aromatic heterocycles. The van der Waals surface area contributed by atoms with Crippen LogP contribution >= 0.6 is 0 Å². The summed E-state index contributed by atoms with van der Waals surface area (Å²) >= 11 is 0. The molecule has 2 rings (SSSR count). The first-order chi connectivity index (χ1) is 22.0. The summed E-state index contributed by atoms with van der Waals surface area (Å²) in [5.74, 6) is 0.764. The van der Waals surface area contributed by atoms with Gasteiger partial charge in [0.15, 0.2) is 0 Å². The molecule has 0 fully saturated rings. The van der Waals surface area contributed by atoms with Crippen LogP contribution < -0.4 is 10.5 Å². The van der Waals surface area contributed by atoms with Gasteiger partial charge >= 0.3 is 0 Å². The second-order valence-corrected chi connectivity index (χ2v) is 11.0. The third-order valence-corrected chi connectivity index (χ3v) is 7.08. The summed E-state index contributed by atoms with van der Waals surface area (Å²) in [5.41, 5.74) is 7.31. The molecular formula is C31H49NO12S. The van der Waals surface area contributed by atoms with Crippen molar-refractivity contribution < 1.29 is 55.2 Å². The molecule has 0 radical (unpaired) electrons. The van der Waals surface area contributed by atoms with Crippen LogP contribution in [0.3, 0.4) is 0 Å². The van der Waals surface area contributed by atoms with Gasteiger partial charge in [-0.2, -0.15) is 8.42 Å². The summed E-state index contributed by atoms with van der Waals surface area (Å²) in [6.45, 7) is 9.29. The molecule has 0 aliphatic carbocycles. The molecule has 0 heterocycles. The first-order valence-corrected chi connectivity index (χ1v) is 16.4. The molecule has 14 heteroatoms. The highest BCUT2D eigenvalue weighted by molar-refractivity contribution is 7.86. The van der Waals surface area contributed by atoms with Crippen LogP contribution in [0.25, 0.3) is 0 Å². The van der Waals surface area contributed by atoms with Gasteiger partial charge in [-0.3, -0.25) is 4.18 Å². The molecule has 0 spiro atoms. The Bertz CT molecular complexity index is 1070. The highest BCUT2D eigenvalue weighted by Gasteiger charge is 2.14. The number of hydrogen-bond donors (Lipinski definition) is 1. The lowest BCUT2D eigenvalue weighted by Gasteiger charge is -2.09. The third kappa shape index (κ3) is 21.1. The SMILES string of the molecule is Cc1ccc(S(=O)(=O)OCCOCCOCCOCCOCCOCCOCCOCCOCCOc2ccc(N)cc2)cc1. The zero-order valence-electron chi connectivity index (χ0n) is 26.2. The van der Waals surface area contributed by atoms with E-state index >= 15 is 0 Å². The minimum absolute atomic E-state index is 0.0594. The minimum atomic E-state index is -3.77. The molecule has 45 heavy (non-hydrogen) atoms. The zero-order chi connectivity index (χ0) is 32.3. The van der Waals surface area contributed by atoms with Crippen LogP contribution in [0.1, 0.15) is 5.56 Å². The van der Waals surface area contributed by atoms with Crippen molar-refractivity contribution in [3.05, 3.63) is 54.1 Å². The van der Waals surface area contributed by atoms with Crippen LogP contribution in [0.15, 0.2) is 53.4 Å². The van der Waals surface area contributed by atoms with Crippen LogP contribution in [-0.4, -0.2) is 127 Å². The Hall–Kier alpha value is -2.37. The van der Waals surface area contributed by atoms with E-state index in [1.165, 1.54) is 12.1 Å². The molecule has 0 aliphatic rings. The zero-order valence-corrected chi connectivity index (χ0v) is 27.0. The Labute approximate surface area is 267 Å². The normalized spacial score (nSPS) is 11.7. The van der Waals surface area contributed by atoms with Gasteiger partial charge in [0.05, 0.1) is 117 Å². The van der Waals surface area contributed by atoms with E-state index < -0.39 is 10.1 Å². The van der Waals surface area contributed by atoms with E-state index in [0.29, 0.717) is 111 Å². The molecule has 13 nitrogen and oxygen atoms in total. The molecule has 0 unspecified atom stereocenters. The molecule has 0 saturated carbocycles. The van der Waals surface area contributed by atoms with Gasteiger partial charge in [0, 0.05) is 5.69 Å². The average molecular weight is 660 g/mol. The first-order valence-electron chi connectivity index (χ1n) is 15.0. The summed E-state index contributed by atoms with van der Waals surface area (Å²) in [6, 6.07) is 13.7. The fraction of sp³-hybridized carbons (Fsp3) is 0.613. The first kappa shape index (κ1) is 38.8. The van der Waals surface area contributed by atoms with Gasteiger partial charge in [-0.05, 0) is 43.3 Å². The molecule has 0 bridgehead atoms. The molecule has 2 aromatic carbocycles. The highest BCUT2D eigenvalue weighted by Crippen LogP contribution is 2.13. The van der Waals surface area contributed by atoms with E-state index in [4.69, 9.17) is 52.5 Å². The van der Waals surface area contributed by atoms with E-state index in [0.717, 1.165) is 11.3 Å².